The van der Waals surface area contributed by atoms with Crippen LogP contribution in [0.5, 0.6) is 0 Å². The number of hydrogen-bond donors (Lipinski definition) is 2. The Bertz CT molecular complexity index is 751. The molecular formula is C21H31ClN4O. The molecule has 0 aliphatic heterocycles. The van der Waals surface area contributed by atoms with Gasteiger partial charge in [0.1, 0.15) is 5.82 Å². The largest absolute Gasteiger partial charge is 0.328 e. The number of aromatic nitrogens is 2. The molecule has 148 valence electrons. The Balaban J connectivity index is 0.00000261. The summed E-state index contributed by atoms with van der Waals surface area (Å²) in [6, 6.07) is 12.3. The van der Waals surface area contributed by atoms with Crippen LogP contribution in [-0.4, -0.2) is 21.7 Å². The summed E-state index contributed by atoms with van der Waals surface area (Å²) < 4.78 is 1.90. The van der Waals surface area contributed by atoms with E-state index in [0.29, 0.717) is 6.54 Å². The van der Waals surface area contributed by atoms with Crippen LogP contribution in [-0.2, 0) is 16.8 Å². The summed E-state index contributed by atoms with van der Waals surface area (Å²) in [6.45, 7) is 7.03. The number of carbonyl (C=O) groups excluding carboxylic acids is 1. The molecule has 1 aromatic carbocycles. The van der Waals surface area contributed by atoms with Gasteiger partial charge < -0.3 is 11.1 Å². The van der Waals surface area contributed by atoms with Crippen molar-refractivity contribution in [2.24, 2.45) is 11.7 Å². The quantitative estimate of drug-likeness (QED) is 0.825. The van der Waals surface area contributed by atoms with Crippen LogP contribution in [0.15, 0.2) is 36.4 Å². The Labute approximate surface area is 168 Å². The van der Waals surface area contributed by atoms with Crippen LogP contribution in [0.1, 0.15) is 57.7 Å². The number of nitrogens with zero attached hydrogens (tertiary/aromatic N) is 2. The average molecular weight is 391 g/mol. The van der Waals surface area contributed by atoms with Gasteiger partial charge in [-0.2, -0.15) is 5.10 Å². The number of benzene rings is 1. The highest BCUT2D eigenvalue weighted by Gasteiger charge is 2.27. The Morgan fingerprint density at radius 3 is 2.59 bits per heavy atom. The van der Waals surface area contributed by atoms with E-state index in [4.69, 9.17) is 10.8 Å². The molecule has 1 saturated carbocycles. The number of hydrogen-bond acceptors (Lipinski definition) is 3. The van der Waals surface area contributed by atoms with E-state index in [1.54, 1.807) is 0 Å². The van der Waals surface area contributed by atoms with Crippen LogP contribution in [0.4, 0.5) is 5.82 Å². The van der Waals surface area contributed by atoms with Crippen molar-refractivity contribution in [3.8, 4) is 0 Å². The van der Waals surface area contributed by atoms with Gasteiger partial charge in [-0.15, -0.1) is 12.4 Å². The Hall–Kier alpha value is -1.85. The maximum Gasteiger partial charge on any atom is 0.228 e. The number of carbonyl (C=O) groups is 1. The molecule has 3 N–H and O–H groups in total. The minimum Gasteiger partial charge on any atom is -0.328 e. The number of rotatable bonds is 4. The highest BCUT2D eigenvalue weighted by Crippen LogP contribution is 2.27. The average Bonchev–Trinajstić information content (AvgIpc) is 2.99. The van der Waals surface area contributed by atoms with Crippen molar-refractivity contribution in [2.75, 3.05) is 5.32 Å². The lowest BCUT2D eigenvalue weighted by Crippen LogP contribution is -2.34. The van der Waals surface area contributed by atoms with E-state index in [9.17, 15) is 4.79 Å². The van der Waals surface area contributed by atoms with Crippen molar-refractivity contribution in [1.82, 2.24) is 9.78 Å². The number of halogens is 1. The fourth-order valence-electron chi connectivity index (χ4n) is 3.45. The lowest BCUT2D eigenvalue weighted by molar-refractivity contribution is -0.120. The number of anilines is 1. The van der Waals surface area contributed by atoms with Gasteiger partial charge in [-0.25, -0.2) is 4.68 Å². The second kappa shape index (κ2) is 8.89. The molecule has 2 aromatic rings. The minimum absolute atomic E-state index is 0. The van der Waals surface area contributed by atoms with Crippen molar-refractivity contribution in [3.63, 3.8) is 0 Å². The second-order valence-corrected chi connectivity index (χ2v) is 8.42. The highest BCUT2D eigenvalue weighted by molar-refractivity contribution is 5.92. The van der Waals surface area contributed by atoms with Crippen LogP contribution in [0, 0.1) is 5.92 Å². The first-order chi connectivity index (χ1) is 12.3. The van der Waals surface area contributed by atoms with Crippen LogP contribution < -0.4 is 11.1 Å². The third-order valence-electron chi connectivity index (χ3n) is 5.06. The first-order valence-electron chi connectivity index (χ1n) is 9.51. The molecule has 2 atom stereocenters. The van der Waals surface area contributed by atoms with Crippen molar-refractivity contribution in [3.05, 3.63) is 47.7 Å². The van der Waals surface area contributed by atoms with Gasteiger partial charge in [0.2, 0.25) is 5.91 Å². The van der Waals surface area contributed by atoms with Crippen LogP contribution in [0.3, 0.4) is 0 Å². The summed E-state index contributed by atoms with van der Waals surface area (Å²) in [7, 11) is 0. The molecule has 5 nitrogen and oxygen atoms in total. The summed E-state index contributed by atoms with van der Waals surface area (Å²) in [6.07, 6.45) is 3.73. The lowest BCUT2D eigenvalue weighted by atomic mass is 9.85. The molecule has 1 fully saturated rings. The summed E-state index contributed by atoms with van der Waals surface area (Å²) in [4.78, 5) is 12.8. The van der Waals surface area contributed by atoms with Crippen LogP contribution in [0.25, 0.3) is 0 Å². The van der Waals surface area contributed by atoms with Crippen molar-refractivity contribution >= 4 is 24.1 Å². The smallest absolute Gasteiger partial charge is 0.228 e. The van der Waals surface area contributed by atoms with Gasteiger partial charge in [0, 0.05) is 23.4 Å². The first kappa shape index (κ1) is 21.5. The lowest BCUT2D eigenvalue weighted by Gasteiger charge is -2.25. The molecule has 1 aliphatic carbocycles. The summed E-state index contributed by atoms with van der Waals surface area (Å²) in [5.74, 6) is 0.828. The second-order valence-electron chi connectivity index (χ2n) is 8.42. The fourth-order valence-corrected chi connectivity index (χ4v) is 3.45. The number of nitrogens with one attached hydrogen (secondary N) is 1. The first-order valence-corrected chi connectivity index (χ1v) is 9.51. The monoisotopic (exact) mass is 390 g/mol. The molecule has 1 aromatic heterocycles. The third-order valence-corrected chi connectivity index (χ3v) is 5.06. The van der Waals surface area contributed by atoms with Gasteiger partial charge in [0.05, 0.1) is 12.2 Å². The summed E-state index contributed by atoms with van der Waals surface area (Å²) in [5, 5.41) is 7.89. The SMILES string of the molecule is CC(C)(C)c1cc(NC(=O)C2CCCC(N)C2)n(Cc2ccccc2)n1.Cl. The Morgan fingerprint density at radius 2 is 1.96 bits per heavy atom. The van der Waals surface area contributed by atoms with Gasteiger partial charge >= 0.3 is 0 Å². The van der Waals surface area contributed by atoms with Gasteiger partial charge in [0.15, 0.2) is 0 Å². The molecule has 0 radical (unpaired) electrons. The van der Waals surface area contributed by atoms with E-state index in [1.165, 1.54) is 0 Å². The molecule has 3 rings (SSSR count). The van der Waals surface area contributed by atoms with Gasteiger partial charge in [-0.05, 0) is 24.8 Å². The topological polar surface area (TPSA) is 72.9 Å². The third kappa shape index (κ3) is 5.56. The number of amides is 1. The van der Waals surface area contributed by atoms with E-state index >= 15 is 0 Å². The molecule has 0 saturated heterocycles. The molecule has 1 aliphatic rings. The molecule has 0 bridgehead atoms. The van der Waals surface area contributed by atoms with E-state index in [0.717, 1.165) is 42.8 Å². The molecule has 27 heavy (non-hydrogen) atoms. The maximum atomic E-state index is 12.8. The molecule has 2 unspecified atom stereocenters. The zero-order chi connectivity index (χ0) is 18.7. The zero-order valence-corrected chi connectivity index (χ0v) is 17.3. The van der Waals surface area contributed by atoms with E-state index in [2.05, 4.69) is 38.2 Å². The fraction of sp³-hybridized carbons (Fsp3) is 0.524. The van der Waals surface area contributed by atoms with Crippen molar-refractivity contribution in [1.29, 1.82) is 0 Å². The van der Waals surface area contributed by atoms with Gasteiger partial charge in [-0.1, -0.05) is 57.5 Å². The highest BCUT2D eigenvalue weighted by atomic mass is 35.5. The molecule has 6 heteroatoms. The summed E-state index contributed by atoms with van der Waals surface area (Å²) in [5.41, 5.74) is 8.11. The van der Waals surface area contributed by atoms with Gasteiger partial charge in [-0.3, -0.25) is 4.79 Å². The van der Waals surface area contributed by atoms with E-state index in [-0.39, 0.29) is 35.7 Å². The van der Waals surface area contributed by atoms with Crippen LogP contribution in [0.2, 0.25) is 0 Å². The molecule has 0 spiro atoms. The van der Waals surface area contributed by atoms with Crippen LogP contribution >= 0.6 is 12.4 Å². The normalized spacial score (nSPS) is 20.0. The standard InChI is InChI=1S/C21H30N4O.ClH/c1-21(2,3)18-13-19(23-20(26)16-10-7-11-17(22)12-16)25(24-18)14-15-8-5-4-6-9-15;/h4-6,8-9,13,16-17H,7,10-12,14,22H2,1-3H3,(H,23,26);1H. The van der Waals surface area contributed by atoms with E-state index < -0.39 is 0 Å². The molecular weight excluding hydrogens is 360 g/mol. The Kier molecular flexibility index (Phi) is 7.06. The zero-order valence-electron chi connectivity index (χ0n) is 16.4. The maximum absolute atomic E-state index is 12.8. The summed E-state index contributed by atoms with van der Waals surface area (Å²) >= 11 is 0. The Morgan fingerprint density at radius 1 is 1.26 bits per heavy atom. The van der Waals surface area contributed by atoms with Crippen molar-refractivity contribution < 1.29 is 4.79 Å². The van der Waals surface area contributed by atoms with Gasteiger partial charge in [0.25, 0.3) is 0 Å². The predicted octanol–water partition coefficient (Wildman–Crippen LogP) is 4.11. The molecule has 1 amide bonds. The number of nitrogens with two attached hydrogens (primary N) is 1. The minimum atomic E-state index is -0.0748. The van der Waals surface area contributed by atoms with E-state index in [1.807, 2.05) is 28.9 Å². The molecule has 1 heterocycles. The predicted molar refractivity (Wildman–Crippen MR) is 112 cm³/mol. The van der Waals surface area contributed by atoms with Crippen molar-refractivity contribution in [2.45, 2.75) is 64.5 Å².